The van der Waals surface area contributed by atoms with E-state index in [0.29, 0.717) is 11.6 Å². The summed E-state index contributed by atoms with van der Waals surface area (Å²) in [4.78, 5) is 2.77. The molecule has 1 saturated heterocycles. The number of thiophene rings is 1. The maximum Gasteiger partial charge on any atom is 0.0309 e. The fourth-order valence-corrected chi connectivity index (χ4v) is 4.85. The molecule has 1 aromatic rings. The van der Waals surface area contributed by atoms with Crippen molar-refractivity contribution >= 4 is 11.3 Å². The first kappa shape index (κ1) is 14.6. The number of aryl methyl sites for hydroxylation is 1. The fourth-order valence-electron chi connectivity index (χ4n) is 4.00. The molecule has 1 aliphatic carbocycles. The Morgan fingerprint density at radius 1 is 1.35 bits per heavy atom. The molecule has 0 radical (unpaired) electrons. The first-order chi connectivity index (χ1) is 9.60. The number of rotatable bonds is 3. The minimum atomic E-state index is 0.426. The third-order valence-corrected chi connectivity index (χ3v) is 6.24. The van der Waals surface area contributed by atoms with Gasteiger partial charge in [0, 0.05) is 31.2 Å². The first-order valence-electron chi connectivity index (χ1n) is 8.10. The summed E-state index contributed by atoms with van der Waals surface area (Å²) in [6, 6.07) is 0.681. The molecule has 1 atom stereocenters. The molecule has 3 heteroatoms. The molecule has 1 aromatic heterocycles. The second-order valence-corrected chi connectivity index (χ2v) is 7.91. The highest BCUT2D eigenvalue weighted by Gasteiger charge is 2.41. The van der Waals surface area contributed by atoms with E-state index in [1.807, 2.05) is 11.3 Å². The van der Waals surface area contributed by atoms with E-state index in [1.165, 1.54) is 49.9 Å². The van der Waals surface area contributed by atoms with Crippen LogP contribution in [0, 0.1) is 12.8 Å². The third kappa shape index (κ3) is 2.81. The average Bonchev–Trinajstić information content (AvgIpc) is 3.00. The lowest BCUT2D eigenvalue weighted by molar-refractivity contribution is 0.0506. The number of nitrogens with one attached hydrogen (secondary N) is 1. The smallest absolute Gasteiger partial charge is 0.0309 e. The maximum atomic E-state index is 3.91. The van der Waals surface area contributed by atoms with Crippen molar-refractivity contribution in [2.24, 2.45) is 5.92 Å². The summed E-state index contributed by atoms with van der Waals surface area (Å²) < 4.78 is 0. The molecule has 1 aliphatic heterocycles. The van der Waals surface area contributed by atoms with Gasteiger partial charge in [-0.3, -0.25) is 4.90 Å². The summed E-state index contributed by atoms with van der Waals surface area (Å²) in [5.41, 5.74) is 3.43. The maximum absolute atomic E-state index is 3.91. The van der Waals surface area contributed by atoms with Gasteiger partial charge in [-0.1, -0.05) is 26.7 Å². The molecule has 20 heavy (non-hydrogen) atoms. The topological polar surface area (TPSA) is 15.3 Å². The van der Waals surface area contributed by atoms with Crippen molar-refractivity contribution in [2.45, 2.75) is 64.6 Å². The summed E-state index contributed by atoms with van der Waals surface area (Å²) in [5.74, 6) is 0.722. The van der Waals surface area contributed by atoms with Crippen molar-refractivity contribution in [3.05, 3.63) is 21.9 Å². The monoisotopic (exact) mass is 292 g/mol. The van der Waals surface area contributed by atoms with Gasteiger partial charge < -0.3 is 5.32 Å². The van der Waals surface area contributed by atoms with Crippen LogP contribution < -0.4 is 5.32 Å². The quantitative estimate of drug-likeness (QED) is 0.911. The van der Waals surface area contributed by atoms with E-state index in [1.54, 1.807) is 0 Å². The second-order valence-electron chi connectivity index (χ2n) is 7.16. The molecule has 2 fully saturated rings. The van der Waals surface area contributed by atoms with Gasteiger partial charge in [-0.2, -0.15) is 11.3 Å². The summed E-state index contributed by atoms with van der Waals surface area (Å²) in [5, 5.41) is 8.54. The zero-order valence-corrected chi connectivity index (χ0v) is 13.9. The first-order valence-corrected chi connectivity index (χ1v) is 9.05. The Morgan fingerprint density at radius 3 is 2.70 bits per heavy atom. The minimum Gasteiger partial charge on any atom is -0.308 e. The van der Waals surface area contributed by atoms with E-state index in [-0.39, 0.29) is 0 Å². The molecule has 1 unspecified atom stereocenters. The largest absolute Gasteiger partial charge is 0.308 e. The van der Waals surface area contributed by atoms with Crippen LogP contribution in [-0.4, -0.2) is 29.6 Å². The van der Waals surface area contributed by atoms with E-state index in [0.717, 1.165) is 12.5 Å². The summed E-state index contributed by atoms with van der Waals surface area (Å²) >= 11 is 1.85. The lowest BCUT2D eigenvalue weighted by Crippen LogP contribution is -2.63. The molecule has 2 nitrogen and oxygen atoms in total. The van der Waals surface area contributed by atoms with Crippen LogP contribution in [-0.2, 0) is 6.54 Å². The predicted molar refractivity (Wildman–Crippen MR) is 87.3 cm³/mol. The van der Waals surface area contributed by atoms with Gasteiger partial charge in [0.2, 0.25) is 0 Å². The number of hydrogen-bond acceptors (Lipinski definition) is 3. The molecule has 0 bridgehead atoms. The van der Waals surface area contributed by atoms with Gasteiger partial charge in [0.15, 0.2) is 0 Å². The lowest BCUT2D eigenvalue weighted by Gasteiger charge is -2.48. The Hall–Kier alpha value is -0.380. The van der Waals surface area contributed by atoms with Crippen molar-refractivity contribution in [1.82, 2.24) is 10.2 Å². The molecular weight excluding hydrogens is 264 g/mol. The highest BCUT2D eigenvalue weighted by atomic mass is 32.1. The van der Waals surface area contributed by atoms with Gasteiger partial charge in [-0.25, -0.2) is 0 Å². The SMILES string of the molecule is Cc1cscc1CN1CC2(CCCC2)NCC1C(C)C. The normalized spacial score (nSPS) is 26.7. The van der Waals surface area contributed by atoms with E-state index < -0.39 is 0 Å². The zero-order valence-electron chi connectivity index (χ0n) is 13.1. The van der Waals surface area contributed by atoms with Gasteiger partial charge >= 0.3 is 0 Å². The molecule has 1 saturated carbocycles. The van der Waals surface area contributed by atoms with Gasteiger partial charge in [0.1, 0.15) is 0 Å². The standard InChI is InChI=1S/C17H28N2S/c1-13(2)16-8-18-17(6-4-5-7-17)12-19(16)9-15-11-20-10-14(15)3/h10-11,13,16,18H,4-9,12H2,1-3H3. The average molecular weight is 292 g/mol. The Morgan fingerprint density at radius 2 is 2.10 bits per heavy atom. The van der Waals surface area contributed by atoms with Crippen LogP contribution >= 0.6 is 11.3 Å². The molecule has 0 amide bonds. The van der Waals surface area contributed by atoms with Crippen LogP contribution in [0.25, 0.3) is 0 Å². The van der Waals surface area contributed by atoms with Crippen molar-refractivity contribution < 1.29 is 0 Å². The Bertz CT molecular complexity index is 446. The third-order valence-electron chi connectivity index (χ3n) is 5.33. The molecular formula is C17H28N2S. The van der Waals surface area contributed by atoms with Crippen LogP contribution in [0.3, 0.4) is 0 Å². The van der Waals surface area contributed by atoms with Crippen molar-refractivity contribution in [3.8, 4) is 0 Å². The van der Waals surface area contributed by atoms with Gasteiger partial charge in [-0.15, -0.1) is 0 Å². The highest BCUT2D eigenvalue weighted by Crippen LogP contribution is 2.35. The van der Waals surface area contributed by atoms with Crippen molar-refractivity contribution in [2.75, 3.05) is 13.1 Å². The van der Waals surface area contributed by atoms with Crippen LogP contribution in [0.4, 0.5) is 0 Å². The Balaban J connectivity index is 1.77. The molecule has 2 aliphatic rings. The van der Waals surface area contributed by atoms with E-state index in [4.69, 9.17) is 0 Å². The second kappa shape index (κ2) is 5.78. The zero-order chi connectivity index (χ0) is 14.2. The number of nitrogens with zero attached hydrogens (tertiary/aromatic N) is 1. The van der Waals surface area contributed by atoms with Gasteiger partial charge in [0.25, 0.3) is 0 Å². The summed E-state index contributed by atoms with van der Waals surface area (Å²) in [7, 11) is 0. The van der Waals surface area contributed by atoms with E-state index >= 15 is 0 Å². The lowest BCUT2D eigenvalue weighted by atomic mass is 9.88. The minimum absolute atomic E-state index is 0.426. The molecule has 0 aromatic carbocycles. The fraction of sp³-hybridized carbons (Fsp3) is 0.765. The van der Waals surface area contributed by atoms with Crippen molar-refractivity contribution in [3.63, 3.8) is 0 Å². The van der Waals surface area contributed by atoms with E-state index in [9.17, 15) is 0 Å². The highest BCUT2D eigenvalue weighted by molar-refractivity contribution is 7.08. The number of hydrogen-bond donors (Lipinski definition) is 1. The Labute approximate surface area is 127 Å². The molecule has 112 valence electrons. The van der Waals surface area contributed by atoms with Crippen LogP contribution in [0.2, 0.25) is 0 Å². The molecule has 1 N–H and O–H groups in total. The van der Waals surface area contributed by atoms with Gasteiger partial charge in [0.05, 0.1) is 0 Å². The van der Waals surface area contributed by atoms with Crippen LogP contribution in [0.5, 0.6) is 0 Å². The van der Waals surface area contributed by atoms with E-state index in [2.05, 4.69) is 41.7 Å². The van der Waals surface area contributed by atoms with Crippen LogP contribution in [0.15, 0.2) is 10.8 Å². The molecule has 2 heterocycles. The summed E-state index contributed by atoms with van der Waals surface area (Å²) in [6.45, 7) is 10.5. The molecule has 3 rings (SSSR count). The molecule has 1 spiro atoms. The Kier molecular flexibility index (Phi) is 4.21. The van der Waals surface area contributed by atoms with Crippen molar-refractivity contribution in [1.29, 1.82) is 0 Å². The van der Waals surface area contributed by atoms with Crippen LogP contribution in [0.1, 0.15) is 50.7 Å². The number of piperazine rings is 1. The predicted octanol–water partition coefficient (Wildman–Crippen LogP) is 3.80. The summed E-state index contributed by atoms with van der Waals surface area (Å²) in [6.07, 6.45) is 5.56. The van der Waals surface area contributed by atoms with Gasteiger partial charge in [-0.05, 0) is 47.6 Å².